The van der Waals surface area contributed by atoms with Crippen molar-refractivity contribution in [1.29, 1.82) is 0 Å². The Morgan fingerprint density at radius 1 is 1.03 bits per heavy atom. The molecule has 0 fully saturated rings. The molecule has 3 aromatic rings. The molecule has 3 rings (SSSR count). The Hall–Kier alpha value is -2.89. The molecule has 1 aromatic heterocycles. The summed E-state index contributed by atoms with van der Waals surface area (Å²) >= 11 is 11.4. The van der Waals surface area contributed by atoms with Crippen molar-refractivity contribution in [3.63, 3.8) is 0 Å². The van der Waals surface area contributed by atoms with Gasteiger partial charge in [-0.25, -0.2) is 0 Å². The number of aryl methyl sites for hydroxylation is 3. The second-order valence-electron chi connectivity index (χ2n) is 6.71. The number of amides is 1. The molecular weight excluding hydrogens is 404 g/mol. The van der Waals surface area contributed by atoms with Crippen LogP contribution >= 0.6 is 23.8 Å². The minimum Gasteiger partial charge on any atom is -0.457 e. The number of carbonyl (C=O) groups excluding carboxylic acids is 1. The number of para-hydroxylation sites is 1. The first-order chi connectivity index (χ1) is 13.8. The average Bonchev–Trinajstić information content (AvgIpc) is 3.14. The number of anilines is 1. The van der Waals surface area contributed by atoms with E-state index in [-0.39, 0.29) is 11.0 Å². The third-order valence-corrected chi connectivity index (χ3v) is 5.05. The lowest BCUT2D eigenvalue weighted by Gasteiger charge is -2.13. The number of rotatable bonds is 4. The lowest BCUT2D eigenvalue weighted by atomic mass is 10.1. The molecule has 0 radical (unpaired) electrons. The Morgan fingerprint density at radius 3 is 2.45 bits per heavy atom. The van der Waals surface area contributed by atoms with E-state index in [9.17, 15) is 4.79 Å². The number of hydrogen-bond donors (Lipinski definition) is 2. The molecule has 0 spiro atoms. The summed E-state index contributed by atoms with van der Waals surface area (Å²) in [6.45, 7) is 5.91. The predicted octanol–water partition coefficient (Wildman–Crippen LogP) is 6.05. The lowest BCUT2D eigenvalue weighted by Crippen LogP contribution is -2.33. The summed E-state index contributed by atoms with van der Waals surface area (Å²) in [4.78, 5) is 12.2. The minimum absolute atomic E-state index is 0.242. The molecule has 6 heteroatoms. The van der Waals surface area contributed by atoms with Crippen molar-refractivity contribution in [2.45, 2.75) is 20.8 Å². The summed E-state index contributed by atoms with van der Waals surface area (Å²) in [6, 6.07) is 15.3. The number of furan rings is 1. The molecule has 2 aromatic carbocycles. The Morgan fingerprint density at radius 2 is 1.76 bits per heavy atom. The van der Waals surface area contributed by atoms with Crippen LogP contribution in [0.1, 0.15) is 22.5 Å². The third-order valence-electron chi connectivity index (χ3n) is 4.44. The van der Waals surface area contributed by atoms with Gasteiger partial charge in [0, 0.05) is 22.3 Å². The Kier molecular flexibility index (Phi) is 6.52. The van der Waals surface area contributed by atoms with Crippen molar-refractivity contribution in [3.8, 4) is 11.3 Å². The van der Waals surface area contributed by atoms with Crippen molar-refractivity contribution in [2.75, 3.05) is 5.32 Å². The second kappa shape index (κ2) is 9.07. The first-order valence-corrected chi connectivity index (χ1v) is 9.85. The summed E-state index contributed by atoms with van der Waals surface area (Å²) in [5.74, 6) is 0.893. The smallest absolute Gasteiger partial charge is 0.250 e. The van der Waals surface area contributed by atoms with Gasteiger partial charge in [0.25, 0.3) is 0 Å². The first-order valence-electron chi connectivity index (χ1n) is 9.06. The summed E-state index contributed by atoms with van der Waals surface area (Å²) < 4.78 is 5.77. The largest absolute Gasteiger partial charge is 0.457 e. The van der Waals surface area contributed by atoms with Crippen molar-refractivity contribution >= 4 is 46.6 Å². The van der Waals surface area contributed by atoms with Crippen LogP contribution in [-0.4, -0.2) is 11.0 Å². The van der Waals surface area contributed by atoms with Gasteiger partial charge < -0.3 is 9.73 Å². The van der Waals surface area contributed by atoms with E-state index in [1.54, 1.807) is 12.1 Å². The van der Waals surface area contributed by atoms with Crippen molar-refractivity contribution in [2.24, 2.45) is 0 Å². The lowest BCUT2D eigenvalue weighted by molar-refractivity contribution is -0.115. The van der Waals surface area contributed by atoms with Gasteiger partial charge in [-0.15, -0.1) is 0 Å². The summed E-state index contributed by atoms with van der Waals surface area (Å²) in [5, 5.41) is 6.64. The van der Waals surface area contributed by atoms with Crippen LogP contribution in [0.25, 0.3) is 17.4 Å². The minimum atomic E-state index is -0.343. The zero-order valence-electron chi connectivity index (χ0n) is 16.4. The fraction of sp³-hybridized carbons (Fsp3) is 0.130. The molecule has 0 atom stereocenters. The number of carbonyl (C=O) groups is 1. The van der Waals surface area contributed by atoms with E-state index in [1.165, 1.54) is 6.08 Å². The molecule has 0 aliphatic heterocycles. The van der Waals surface area contributed by atoms with Crippen LogP contribution in [0, 0.1) is 20.8 Å². The first kappa shape index (κ1) is 20.8. The van der Waals surface area contributed by atoms with E-state index in [0.717, 1.165) is 27.9 Å². The normalized spacial score (nSPS) is 10.9. The summed E-state index contributed by atoms with van der Waals surface area (Å²) in [7, 11) is 0. The van der Waals surface area contributed by atoms with Crippen LogP contribution in [0.2, 0.25) is 5.02 Å². The van der Waals surface area contributed by atoms with Crippen molar-refractivity contribution < 1.29 is 9.21 Å². The number of halogens is 1. The highest BCUT2D eigenvalue weighted by molar-refractivity contribution is 7.80. The zero-order chi connectivity index (χ0) is 21.0. The van der Waals surface area contributed by atoms with Crippen LogP contribution in [0.5, 0.6) is 0 Å². The van der Waals surface area contributed by atoms with Crippen LogP contribution in [0.15, 0.2) is 59.0 Å². The van der Waals surface area contributed by atoms with Crippen LogP contribution in [0.4, 0.5) is 5.69 Å². The van der Waals surface area contributed by atoms with Gasteiger partial charge >= 0.3 is 0 Å². The summed E-state index contributed by atoms with van der Waals surface area (Å²) in [6.07, 6.45) is 2.97. The molecule has 1 heterocycles. The van der Waals surface area contributed by atoms with Gasteiger partial charge in [-0.3, -0.25) is 10.1 Å². The van der Waals surface area contributed by atoms with Crippen LogP contribution in [-0.2, 0) is 4.79 Å². The van der Waals surface area contributed by atoms with E-state index >= 15 is 0 Å². The van der Waals surface area contributed by atoms with Crippen molar-refractivity contribution in [1.82, 2.24) is 5.32 Å². The maximum atomic E-state index is 12.2. The van der Waals surface area contributed by atoms with Crippen LogP contribution in [0.3, 0.4) is 0 Å². The van der Waals surface area contributed by atoms with Gasteiger partial charge in [0.05, 0.1) is 0 Å². The van der Waals surface area contributed by atoms with Crippen LogP contribution < -0.4 is 10.6 Å². The van der Waals surface area contributed by atoms with Crippen molar-refractivity contribution in [3.05, 3.63) is 82.1 Å². The Bertz CT molecular complexity index is 1080. The van der Waals surface area contributed by atoms with Gasteiger partial charge in [0.2, 0.25) is 5.91 Å². The number of benzene rings is 2. The molecule has 2 N–H and O–H groups in total. The molecule has 29 heavy (non-hydrogen) atoms. The standard InChI is InChI=1S/C23H21ClN2O2S/c1-14-7-8-17(13-19(14)24)20-11-9-18(28-20)10-12-21(27)25-23(29)26-22-15(2)5-4-6-16(22)3/h4-13H,1-3H3,(H2,25,26,27,29)/b12-10+. The highest BCUT2D eigenvalue weighted by Crippen LogP contribution is 2.27. The van der Waals surface area contributed by atoms with Gasteiger partial charge in [0.1, 0.15) is 11.5 Å². The second-order valence-corrected chi connectivity index (χ2v) is 7.52. The molecule has 1 amide bonds. The highest BCUT2D eigenvalue weighted by atomic mass is 35.5. The van der Waals surface area contributed by atoms with E-state index in [2.05, 4.69) is 10.6 Å². The highest BCUT2D eigenvalue weighted by Gasteiger charge is 2.08. The molecule has 148 valence electrons. The quantitative estimate of drug-likeness (QED) is 0.395. The third kappa shape index (κ3) is 5.34. The fourth-order valence-corrected chi connectivity index (χ4v) is 3.19. The molecule has 0 aliphatic carbocycles. The van der Waals surface area contributed by atoms with E-state index in [1.807, 2.05) is 63.2 Å². The average molecular weight is 425 g/mol. The fourth-order valence-electron chi connectivity index (χ4n) is 2.81. The Balaban J connectivity index is 1.61. The van der Waals surface area contributed by atoms with E-state index in [4.69, 9.17) is 28.2 Å². The SMILES string of the molecule is Cc1ccc(-c2ccc(/C=C/C(=O)NC(=S)Nc3c(C)cccc3C)o2)cc1Cl. The molecule has 0 aliphatic rings. The number of thiocarbonyl (C=S) groups is 1. The maximum absolute atomic E-state index is 12.2. The maximum Gasteiger partial charge on any atom is 0.250 e. The molecule has 0 saturated heterocycles. The topological polar surface area (TPSA) is 54.3 Å². The monoisotopic (exact) mass is 424 g/mol. The number of hydrogen-bond acceptors (Lipinski definition) is 3. The van der Waals surface area contributed by atoms with Gasteiger partial charge in [-0.05, 0) is 74.0 Å². The molecule has 0 unspecified atom stereocenters. The predicted molar refractivity (Wildman–Crippen MR) is 123 cm³/mol. The van der Waals surface area contributed by atoms with Gasteiger partial charge in [-0.1, -0.05) is 41.9 Å². The molecule has 0 saturated carbocycles. The summed E-state index contributed by atoms with van der Waals surface area (Å²) in [5.41, 5.74) is 4.88. The molecule has 4 nitrogen and oxygen atoms in total. The number of nitrogens with one attached hydrogen (secondary N) is 2. The van der Waals surface area contributed by atoms with E-state index in [0.29, 0.717) is 16.5 Å². The molecular formula is C23H21ClN2O2S. The van der Waals surface area contributed by atoms with E-state index < -0.39 is 0 Å². The molecule has 0 bridgehead atoms. The van der Waals surface area contributed by atoms with Gasteiger partial charge in [-0.2, -0.15) is 0 Å². The van der Waals surface area contributed by atoms with Gasteiger partial charge in [0.15, 0.2) is 5.11 Å². The Labute approximate surface area is 180 Å². The zero-order valence-corrected chi connectivity index (χ0v) is 17.9.